The van der Waals surface area contributed by atoms with Gasteiger partial charge in [-0.15, -0.1) is 0 Å². The van der Waals surface area contributed by atoms with Gasteiger partial charge in [0.05, 0.1) is 14.2 Å². The number of ether oxygens (including phenoxy) is 2. The molecule has 0 radical (unpaired) electrons. The van der Waals surface area contributed by atoms with Crippen LogP contribution >= 0.6 is 0 Å². The van der Waals surface area contributed by atoms with Crippen LogP contribution in [0.1, 0.15) is 27.9 Å². The number of rotatable bonds is 3. The first kappa shape index (κ1) is 14.4. The largest absolute Gasteiger partial charge is 0.497 e. The lowest BCUT2D eigenvalue weighted by molar-refractivity contribution is 0.102. The number of methoxy groups -OCH3 is 2. The highest BCUT2D eigenvalue weighted by atomic mass is 16.5. The van der Waals surface area contributed by atoms with Gasteiger partial charge in [-0.05, 0) is 48.7 Å². The van der Waals surface area contributed by atoms with Gasteiger partial charge >= 0.3 is 0 Å². The van der Waals surface area contributed by atoms with Crippen molar-refractivity contribution in [2.45, 2.75) is 12.8 Å². The van der Waals surface area contributed by atoms with Crippen LogP contribution in [0.3, 0.4) is 0 Å². The molecule has 2 aromatic rings. The quantitative estimate of drug-likeness (QED) is 0.805. The average molecular weight is 294 g/mol. The summed E-state index contributed by atoms with van der Waals surface area (Å²) >= 11 is 0. The van der Waals surface area contributed by atoms with Crippen LogP contribution in [0, 0.1) is 0 Å². The second-order valence-electron chi connectivity index (χ2n) is 5.26. The second-order valence-corrected chi connectivity index (χ2v) is 5.26. The summed E-state index contributed by atoms with van der Waals surface area (Å²) in [5.41, 5.74) is 3.59. The van der Waals surface area contributed by atoms with E-state index in [1.165, 1.54) is 0 Å². The zero-order chi connectivity index (χ0) is 15.5. The Morgan fingerprint density at radius 1 is 1.00 bits per heavy atom. The van der Waals surface area contributed by atoms with E-state index in [0.717, 1.165) is 46.6 Å². The molecule has 0 aliphatic heterocycles. The molecular weight excluding hydrogens is 276 g/mol. The number of para-hydroxylation sites is 1. The topological polar surface area (TPSA) is 35.5 Å². The minimum Gasteiger partial charge on any atom is -0.497 e. The first-order valence-electron chi connectivity index (χ1n) is 7.28. The van der Waals surface area contributed by atoms with E-state index in [0.29, 0.717) is 0 Å². The molecule has 0 aromatic heterocycles. The summed E-state index contributed by atoms with van der Waals surface area (Å²) in [7, 11) is 3.28. The Bertz CT molecular complexity index is 744. The van der Waals surface area contributed by atoms with Crippen LogP contribution in [0.2, 0.25) is 0 Å². The molecule has 22 heavy (non-hydrogen) atoms. The van der Waals surface area contributed by atoms with Crippen LogP contribution in [-0.4, -0.2) is 20.0 Å². The van der Waals surface area contributed by atoms with E-state index in [2.05, 4.69) is 0 Å². The van der Waals surface area contributed by atoms with Crippen molar-refractivity contribution in [2.24, 2.45) is 0 Å². The molecule has 0 saturated carbocycles. The Labute approximate surface area is 130 Å². The maximum atomic E-state index is 12.7. The van der Waals surface area contributed by atoms with Crippen molar-refractivity contribution in [2.75, 3.05) is 14.2 Å². The standard InChI is InChI=1S/C19H18O3/c1-21-16-9-10-17-13(12-16)7-8-15(19(17)20)11-14-5-3-4-6-18(14)22-2/h3-6,9-12H,7-8H2,1-2H3/b15-11-. The summed E-state index contributed by atoms with van der Waals surface area (Å²) in [6.07, 6.45) is 3.52. The Morgan fingerprint density at radius 2 is 1.82 bits per heavy atom. The molecule has 0 fully saturated rings. The summed E-state index contributed by atoms with van der Waals surface area (Å²) in [6, 6.07) is 13.4. The number of carbonyl (C=O) groups is 1. The molecule has 3 rings (SSSR count). The fraction of sp³-hybridized carbons (Fsp3) is 0.211. The Morgan fingerprint density at radius 3 is 2.59 bits per heavy atom. The van der Waals surface area contributed by atoms with Gasteiger partial charge in [0.25, 0.3) is 0 Å². The molecule has 0 saturated heterocycles. The Hall–Kier alpha value is -2.55. The summed E-state index contributed by atoms with van der Waals surface area (Å²) in [5.74, 6) is 1.67. The highest BCUT2D eigenvalue weighted by Gasteiger charge is 2.22. The number of hydrogen-bond acceptors (Lipinski definition) is 3. The fourth-order valence-corrected chi connectivity index (χ4v) is 2.79. The number of ketones is 1. The van der Waals surface area contributed by atoms with E-state index in [4.69, 9.17) is 9.47 Å². The summed E-state index contributed by atoms with van der Waals surface area (Å²) in [5, 5.41) is 0. The number of benzene rings is 2. The lowest BCUT2D eigenvalue weighted by Crippen LogP contribution is -2.14. The minimum atomic E-state index is 0.0924. The molecule has 1 aliphatic carbocycles. The van der Waals surface area contributed by atoms with Gasteiger partial charge in [-0.2, -0.15) is 0 Å². The van der Waals surface area contributed by atoms with Gasteiger partial charge < -0.3 is 9.47 Å². The number of fused-ring (bicyclic) bond motifs is 1. The summed E-state index contributed by atoms with van der Waals surface area (Å²) in [4.78, 5) is 12.7. The molecule has 3 heteroatoms. The van der Waals surface area contributed by atoms with Crippen LogP contribution in [0.25, 0.3) is 6.08 Å². The Balaban J connectivity index is 1.97. The average Bonchev–Trinajstić information content (AvgIpc) is 2.57. The third kappa shape index (κ3) is 2.62. The van der Waals surface area contributed by atoms with E-state index < -0.39 is 0 Å². The summed E-state index contributed by atoms with van der Waals surface area (Å²) in [6.45, 7) is 0. The van der Waals surface area contributed by atoms with Crippen LogP contribution < -0.4 is 9.47 Å². The molecule has 0 bridgehead atoms. The maximum Gasteiger partial charge on any atom is 0.189 e. The van der Waals surface area contributed by atoms with Gasteiger partial charge in [0.1, 0.15) is 11.5 Å². The van der Waals surface area contributed by atoms with Crippen molar-refractivity contribution >= 4 is 11.9 Å². The number of hydrogen-bond donors (Lipinski definition) is 0. The molecule has 0 unspecified atom stereocenters. The van der Waals surface area contributed by atoms with Crippen LogP contribution in [0.5, 0.6) is 11.5 Å². The highest BCUT2D eigenvalue weighted by molar-refractivity contribution is 6.13. The van der Waals surface area contributed by atoms with Crippen molar-refractivity contribution in [3.63, 3.8) is 0 Å². The van der Waals surface area contributed by atoms with Crippen LogP contribution in [0.15, 0.2) is 48.0 Å². The zero-order valence-electron chi connectivity index (χ0n) is 12.8. The Kier molecular flexibility index (Phi) is 3.96. The van der Waals surface area contributed by atoms with Gasteiger partial charge in [-0.1, -0.05) is 18.2 Å². The minimum absolute atomic E-state index is 0.0924. The van der Waals surface area contributed by atoms with E-state index in [1.54, 1.807) is 14.2 Å². The number of Topliss-reactive ketones (excluding diaryl/α,β-unsaturated/α-hetero) is 1. The maximum absolute atomic E-state index is 12.7. The predicted molar refractivity (Wildman–Crippen MR) is 86.6 cm³/mol. The molecule has 0 N–H and O–H groups in total. The molecule has 1 aliphatic rings. The first-order chi connectivity index (χ1) is 10.7. The van der Waals surface area contributed by atoms with Crippen LogP contribution in [-0.2, 0) is 6.42 Å². The van der Waals surface area contributed by atoms with E-state index in [9.17, 15) is 4.79 Å². The molecule has 0 amide bonds. The normalized spacial score (nSPS) is 15.5. The van der Waals surface area contributed by atoms with Gasteiger partial charge in [-0.3, -0.25) is 4.79 Å². The van der Waals surface area contributed by atoms with Gasteiger partial charge in [0, 0.05) is 16.7 Å². The molecule has 112 valence electrons. The number of allylic oxidation sites excluding steroid dienone is 1. The second kappa shape index (κ2) is 6.06. The smallest absolute Gasteiger partial charge is 0.189 e. The molecule has 0 spiro atoms. The van der Waals surface area contributed by atoms with Gasteiger partial charge in [0.15, 0.2) is 5.78 Å². The molecule has 0 atom stereocenters. The van der Waals surface area contributed by atoms with Crippen molar-refractivity contribution in [3.05, 3.63) is 64.7 Å². The number of carbonyl (C=O) groups excluding carboxylic acids is 1. The predicted octanol–water partition coefficient (Wildman–Crippen LogP) is 3.92. The molecular formula is C19H18O3. The van der Waals surface area contributed by atoms with Crippen LogP contribution in [0.4, 0.5) is 0 Å². The lowest BCUT2D eigenvalue weighted by atomic mass is 9.86. The SMILES string of the molecule is COc1ccc2c(c1)CC/C(=C/c1ccccc1OC)C2=O. The first-order valence-corrected chi connectivity index (χ1v) is 7.28. The van der Waals surface area contributed by atoms with Gasteiger partial charge in [0.2, 0.25) is 0 Å². The molecule has 3 nitrogen and oxygen atoms in total. The van der Waals surface area contributed by atoms with Crippen molar-refractivity contribution in [1.29, 1.82) is 0 Å². The van der Waals surface area contributed by atoms with E-state index in [1.807, 2.05) is 48.5 Å². The lowest BCUT2D eigenvalue weighted by Gasteiger charge is -2.18. The fourth-order valence-electron chi connectivity index (χ4n) is 2.79. The van der Waals surface area contributed by atoms with E-state index >= 15 is 0 Å². The third-order valence-corrected chi connectivity index (χ3v) is 3.98. The third-order valence-electron chi connectivity index (χ3n) is 3.98. The number of aryl methyl sites for hydroxylation is 1. The summed E-state index contributed by atoms with van der Waals surface area (Å²) < 4.78 is 10.6. The monoisotopic (exact) mass is 294 g/mol. The van der Waals surface area contributed by atoms with E-state index in [-0.39, 0.29) is 5.78 Å². The van der Waals surface area contributed by atoms with Crippen molar-refractivity contribution < 1.29 is 14.3 Å². The van der Waals surface area contributed by atoms with Crippen molar-refractivity contribution in [1.82, 2.24) is 0 Å². The van der Waals surface area contributed by atoms with Crippen molar-refractivity contribution in [3.8, 4) is 11.5 Å². The molecule has 0 heterocycles. The van der Waals surface area contributed by atoms with Gasteiger partial charge in [-0.25, -0.2) is 0 Å². The highest BCUT2D eigenvalue weighted by Crippen LogP contribution is 2.30. The zero-order valence-corrected chi connectivity index (χ0v) is 12.8. The molecule has 2 aromatic carbocycles.